The smallest absolute Gasteiger partial charge is 0.253 e. The van der Waals surface area contributed by atoms with Crippen molar-refractivity contribution in [3.05, 3.63) is 59.4 Å². The first-order chi connectivity index (χ1) is 12.0. The first kappa shape index (κ1) is 18.4. The molecule has 0 fully saturated rings. The fourth-order valence-electron chi connectivity index (χ4n) is 2.22. The molecule has 1 aromatic carbocycles. The van der Waals surface area contributed by atoms with E-state index in [9.17, 15) is 9.59 Å². The van der Waals surface area contributed by atoms with Gasteiger partial charge in [0.05, 0.1) is 18.2 Å². The molecule has 1 aromatic heterocycles. The van der Waals surface area contributed by atoms with E-state index in [1.54, 1.807) is 13.2 Å². The lowest BCUT2D eigenvalue weighted by Crippen LogP contribution is -2.32. The van der Waals surface area contributed by atoms with Crippen molar-refractivity contribution in [1.29, 1.82) is 0 Å². The highest BCUT2D eigenvalue weighted by atomic mass is 16.5. The standard InChI is InChI=1S/C19H23N3O3/c1-4-13(2)22-19(24)16-9-15(10-20-11-16)18(23)21-12-14-7-5-6-8-17(14)25-3/h5-11,13H,4,12H2,1-3H3,(H,21,23)(H,22,24). The summed E-state index contributed by atoms with van der Waals surface area (Å²) >= 11 is 0. The molecule has 0 aliphatic heterocycles. The average Bonchev–Trinajstić information content (AvgIpc) is 2.66. The Hall–Kier alpha value is -2.89. The van der Waals surface area contributed by atoms with Crippen molar-refractivity contribution in [2.45, 2.75) is 32.9 Å². The van der Waals surface area contributed by atoms with Gasteiger partial charge < -0.3 is 15.4 Å². The van der Waals surface area contributed by atoms with Crippen LogP contribution in [-0.4, -0.2) is 29.9 Å². The van der Waals surface area contributed by atoms with Crippen molar-refractivity contribution in [1.82, 2.24) is 15.6 Å². The predicted octanol–water partition coefficient (Wildman–Crippen LogP) is 2.55. The van der Waals surface area contributed by atoms with E-state index >= 15 is 0 Å². The molecule has 2 aromatic rings. The predicted molar refractivity (Wildman–Crippen MR) is 95.6 cm³/mol. The van der Waals surface area contributed by atoms with Crippen LogP contribution in [0.25, 0.3) is 0 Å². The van der Waals surface area contributed by atoms with Crippen LogP contribution in [-0.2, 0) is 6.54 Å². The summed E-state index contributed by atoms with van der Waals surface area (Å²) in [5, 5.41) is 5.68. The van der Waals surface area contributed by atoms with Gasteiger partial charge in [0.15, 0.2) is 0 Å². The lowest BCUT2D eigenvalue weighted by molar-refractivity contribution is 0.0939. The number of methoxy groups -OCH3 is 1. The van der Waals surface area contributed by atoms with Crippen LogP contribution in [0.1, 0.15) is 46.5 Å². The molecule has 6 heteroatoms. The molecule has 1 heterocycles. The summed E-state index contributed by atoms with van der Waals surface area (Å²) in [7, 11) is 1.59. The Labute approximate surface area is 147 Å². The van der Waals surface area contributed by atoms with E-state index in [-0.39, 0.29) is 17.9 Å². The average molecular weight is 341 g/mol. The van der Waals surface area contributed by atoms with Crippen molar-refractivity contribution < 1.29 is 14.3 Å². The second kappa shape index (κ2) is 8.82. The van der Waals surface area contributed by atoms with Crippen LogP contribution in [0, 0.1) is 0 Å². The molecule has 132 valence electrons. The fraction of sp³-hybridized carbons (Fsp3) is 0.316. The monoisotopic (exact) mass is 341 g/mol. The normalized spacial score (nSPS) is 11.5. The zero-order chi connectivity index (χ0) is 18.2. The summed E-state index contributed by atoms with van der Waals surface area (Å²) in [5.41, 5.74) is 1.58. The summed E-state index contributed by atoms with van der Waals surface area (Å²) in [6, 6.07) is 9.08. The molecule has 0 bridgehead atoms. The number of ether oxygens (including phenoxy) is 1. The van der Waals surface area contributed by atoms with Gasteiger partial charge in [-0.25, -0.2) is 0 Å². The summed E-state index contributed by atoms with van der Waals surface area (Å²) in [4.78, 5) is 28.5. The molecule has 2 N–H and O–H groups in total. The van der Waals surface area contributed by atoms with E-state index < -0.39 is 0 Å². The molecule has 1 unspecified atom stereocenters. The number of nitrogens with one attached hydrogen (secondary N) is 2. The summed E-state index contributed by atoms with van der Waals surface area (Å²) in [5.74, 6) is 0.181. The Bertz CT molecular complexity index is 746. The molecule has 0 radical (unpaired) electrons. The highest BCUT2D eigenvalue weighted by molar-refractivity contribution is 5.99. The maximum Gasteiger partial charge on any atom is 0.253 e. The van der Waals surface area contributed by atoms with E-state index in [1.807, 2.05) is 38.1 Å². The van der Waals surface area contributed by atoms with Gasteiger partial charge in [-0.2, -0.15) is 0 Å². The lowest BCUT2D eigenvalue weighted by Gasteiger charge is -2.12. The number of para-hydroxylation sites is 1. The minimum absolute atomic E-state index is 0.0653. The number of hydrogen-bond donors (Lipinski definition) is 2. The van der Waals surface area contributed by atoms with E-state index in [0.29, 0.717) is 23.4 Å². The maximum absolute atomic E-state index is 12.3. The van der Waals surface area contributed by atoms with Gasteiger partial charge in [-0.15, -0.1) is 0 Å². The topological polar surface area (TPSA) is 80.3 Å². The number of aromatic nitrogens is 1. The highest BCUT2D eigenvalue weighted by Crippen LogP contribution is 2.16. The molecular weight excluding hydrogens is 318 g/mol. The number of nitrogens with zero attached hydrogens (tertiary/aromatic N) is 1. The molecule has 0 saturated heterocycles. The third kappa shape index (κ3) is 5.04. The fourth-order valence-corrected chi connectivity index (χ4v) is 2.22. The summed E-state index contributed by atoms with van der Waals surface area (Å²) in [6.45, 7) is 4.24. The van der Waals surface area contributed by atoms with Gasteiger partial charge in [0.25, 0.3) is 11.8 Å². The van der Waals surface area contributed by atoms with Crippen molar-refractivity contribution in [3.8, 4) is 5.75 Å². The zero-order valence-corrected chi connectivity index (χ0v) is 14.7. The number of rotatable bonds is 7. The van der Waals surface area contributed by atoms with E-state index in [1.165, 1.54) is 12.4 Å². The number of hydrogen-bond acceptors (Lipinski definition) is 4. The van der Waals surface area contributed by atoms with Crippen LogP contribution in [0.15, 0.2) is 42.7 Å². The van der Waals surface area contributed by atoms with Gasteiger partial charge in [-0.3, -0.25) is 14.6 Å². The van der Waals surface area contributed by atoms with Crippen molar-refractivity contribution in [2.24, 2.45) is 0 Å². The largest absolute Gasteiger partial charge is 0.496 e. The molecule has 2 rings (SSSR count). The first-order valence-corrected chi connectivity index (χ1v) is 8.21. The number of benzene rings is 1. The van der Waals surface area contributed by atoms with Crippen molar-refractivity contribution in [2.75, 3.05) is 7.11 Å². The van der Waals surface area contributed by atoms with Crippen LogP contribution < -0.4 is 15.4 Å². The van der Waals surface area contributed by atoms with Crippen LogP contribution in [0.5, 0.6) is 5.75 Å². The second-order valence-corrected chi connectivity index (χ2v) is 5.74. The third-order valence-electron chi connectivity index (χ3n) is 3.88. The Morgan fingerprint density at radius 1 is 1.16 bits per heavy atom. The van der Waals surface area contributed by atoms with Crippen LogP contribution >= 0.6 is 0 Å². The number of amides is 2. The lowest BCUT2D eigenvalue weighted by atomic mass is 10.1. The van der Waals surface area contributed by atoms with E-state index in [0.717, 1.165) is 12.0 Å². The Morgan fingerprint density at radius 2 is 1.84 bits per heavy atom. The molecule has 0 aliphatic carbocycles. The summed E-state index contributed by atoms with van der Waals surface area (Å²) in [6.07, 6.45) is 3.73. The van der Waals surface area contributed by atoms with E-state index in [4.69, 9.17) is 4.74 Å². The van der Waals surface area contributed by atoms with Gasteiger partial charge in [0, 0.05) is 30.5 Å². The number of carbonyl (C=O) groups is 2. The SMILES string of the molecule is CCC(C)NC(=O)c1cncc(C(=O)NCc2ccccc2OC)c1. The third-order valence-corrected chi connectivity index (χ3v) is 3.88. The van der Waals surface area contributed by atoms with Gasteiger partial charge in [0.2, 0.25) is 0 Å². The van der Waals surface area contributed by atoms with Crippen molar-refractivity contribution in [3.63, 3.8) is 0 Å². The number of carbonyl (C=O) groups excluding carboxylic acids is 2. The Kier molecular flexibility index (Phi) is 6.51. The van der Waals surface area contributed by atoms with Crippen LogP contribution in [0.4, 0.5) is 0 Å². The number of pyridine rings is 1. The van der Waals surface area contributed by atoms with Crippen molar-refractivity contribution >= 4 is 11.8 Å². The minimum atomic E-state index is -0.295. The molecule has 25 heavy (non-hydrogen) atoms. The second-order valence-electron chi connectivity index (χ2n) is 5.74. The molecular formula is C19H23N3O3. The Balaban J connectivity index is 2.04. The van der Waals surface area contributed by atoms with Gasteiger partial charge >= 0.3 is 0 Å². The van der Waals surface area contributed by atoms with Crippen LogP contribution in [0.3, 0.4) is 0 Å². The maximum atomic E-state index is 12.3. The molecule has 0 aliphatic rings. The van der Waals surface area contributed by atoms with Crippen LogP contribution in [0.2, 0.25) is 0 Å². The zero-order valence-electron chi connectivity index (χ0n) is 14.7. The quantitative estimate of drug-likeness (QED) is 0.811. The molecule has 0 spiro atoms. The van der Waals surface area contributed by atoms with Gasteiger partial charge in [0.1, 0.15) is 5.75 Å². The Morgan fingerprint density at radius 3 is 2.52 bits per heavy atom. The molecule has 1 atom stereocenters. The molecule has 6 nitrogen and oxygen atoms in total. The molecule has 2 amide bonds. The van der Waals surface area contributed by atoms with Gasteiger partial charge in [-0.1, -0.05) is 25.1 Å². The highest BCUT2D eigenvalue weighted by Gasteiger charge is 2.13. The summed E-state index contributed by atoms with van der Waals surface area (Å²) < 4.78 is 5.26. The van der Waals surface area contributed by atoms with Gasteiger partial charge in [-0.05, 0) is 25.5 Å². The first-order valence-electron chi connectivity index (χ1n) is 8.21. The van der Waals surface area contributed by atoms with E-state index in [2.05, 4.69) is 15.6 Å². The minimum Gasteiger partial charge on any atom is -0.496 e. The molecule has 0 saturated carbocycles.